The Bertz CT molecular complexity index is 865. The zero-order chi connectivity index (χ0) is 17.7. The summed E-state index contributed by atoms with van der Waals surface area (Å²) < 4.78 is 4.67. The number of nitriles is 1. The summed E-state index contributed by atoms with van der Waals surface area (Å²) >= 11 is 6.89. The molecule has 0 spiro atoms. The first kappa shape index (κ1) is 17.7. The standard InChI is InChI=1S/C17H13ClN2O3S/c1-10-13(9-19)16(24-15(10)17(22)23-2)20-14(21)7-6-11-4-3-5-12(18)8-11/h3-8H,1-2H3,(H,20,21). The number of hydrogen-bond donors (Lipinski definition) is 1. The number of ether oxygens (including phenoxy) is 1. The summed E-state index contributed by atoms with van der Waals surface area (Å²) in [6.07, 6.45) is 2.94. The summed E-state index contributed by atoms with van der Waals surface area (Å²) in [6, 6.07) is 9.04. The second-order valence-corrected chi connectivity index (χ2v) is 6.20. The summed E-state index contributed by atoms with van der Waals surface area (Å²) in [5, 5.41) is 12.7. The van der Waals surface area contributed by atoms with Crippen LogP contribution < -0.4 is 5.32 Å². The number of amides is 1. The van der Waals surface area contributed by atoms with Gasteiger partial charge in [0.2, 0.25) is 5.91 Å². The van der Waals surface area contributed by atoms with E-state index in [1.807, 2.05) is 6.07 Å². The van der Waals surface area contributed by atoms with Crippen LogP contribution in [-0.4, -0.2) is 19.0 Å². The minimum atomic E-state index is -0.538. The molecule has 24 heavy (non-hydrogen) atoms. The van der Waals surface area contributed by atoms with Crippen LogP contribution in [0.2, 0.25) is 5.02 Å². The lowest BCUT2D eigenvalue weighted by Gasteiger charge is -1.99. The summed E-state index contributed by atoms with van der Waals surface area (Å²) in [6.45, 7) is 1.64. The van der Waals surface area contributed by atoms with Crippen molar-refractivity contribution in [1.82, 2.24) is 0 Å². The smallest absolute Gasteiger partial charge is 0.348 e. The maximum Gasteiger partial charge on any atom is 0.348 e. The summed E-state index contributed by atoms with van der Waals surface area (Å²) in [4.78, 5) is 24.0. The second-order valence-electron chi connectivity index (χ2n) is 4.74. The van der Waals surface area contributed by atoms with Crippen LogP contribution in [-0.2, 0) is 9.53 Å². The van der Waals surface area contributed by atoms with Crippen molar-refractivity contribution in [3.8, 4) is 6.07 Å². The Balaban J connectivity index is 2.20. The van der Waals surface area contributed by atoms with Gasteiger partial charge < -0.3 is 10.1 Å². The number of nitrogens with zero attached hydrogens (tertiary/aromatic N) is 1. The lowest BCUT2D eigenvalue weighted by Crippen LogP contribution is -2.07. The third kappa shape index (κ3) is 4.02. The normalized spacial score (nSPS) is 10.4. The van der Waals surface area contributed by atoms with Gasteiger partial charge in [-0.15, -0.1) is 11.3 Å². The Hall–Kier alpha value is -2.62. The Morgan fingerprint density at radius 2 is 2.17 bits per heavy atom. The number of carbonyl (C=O) groups excluding carboxylic acids is 2. The molecule has 0 saturated heterocycles. The lowest BCUT2D eigenvalue weighted by molar-refractivity contribution is -0.111. The molecule has 1 heterocycles. The molecular weight excluding hydrogens is 348 g/mol. The van der Waals surface area contributed by atoms with Gasteiger partial charge in [0.05, 0.1) is 12.7 Å². The predicted octanol–water partition coefficient (Wildman–Crippen LogP) is 4.02. The molecule has 0 atom stereocenters. The number of esters is 1. The third-order valence-corrected chi connectivity index (χ3v) is 4.56. The average Bonchev–Trinajstić information content (AvgIpc) is 2.87. The van der Waals surface area contributed by atoms with E-state index in [-0.39, 0.29) is 5.56 Å². The van der Waals surface area contributed by atoms with Gasteiger partial charge >= 0.3 is 5.97 Å². The molecule has 1 amide bonds. The Morgan fingerprint density at radius 1 is 1.42 bits per heavy atom. The van der Waals surface area contributed by atoms with Crippen LogP contribution in [0.1, 0.15) is 26.4 Å². The van der Waals surface area contributed by atoms with Crippen LogP contribution in [0.25, 0.3) is 6.08 Å². The number of anilines is 1. The van der Waals surface area contributed by atoms with Gasteiger partial charge in [0, 0.05) is 11.1 Å². The molecule has 0 fully saturated rings. The van der Waals surface area contributed by atoms with Crippen LogP contribution in [0.3, 0.4) is 0 Å². The average molecular weight is 361 g/mol. The van der Waals surface area contributed by atoms with Gasteiger partial charge in [0.25, 0.3) is 0 Å². The van der Waals surface area contributed by atoms with Crippen LogP contribution in [0.15, 0.2) is 30.3 Å². The van der Waals surface area contributed by atoms with Crippen molar-refractivity contribution < 1.29 is 14.3 Å². The molecule has 0 aliphatic rings. The van der Waals surface area contributed by atoms with Crippen LogP contribution in [0.4, 0.5) is 5.00 Å². The van der Waals surface area contributed by atoms with Crippen molar-refractivity contribution in [2.45, 2.75) is 6.92 Å². The topological polar surface area (TPSA) is 79.2 Å². The largest absolute Gasteiger partial charge is 0.465 e. The van der Waals surface area contributed by atoms with E-state index in [9.17, 15) is 14.9 Å². The maximum atomic E-state index is 12.0. The Kier molecular flexibility index (Phi) is 5.74. The highest BCUT2D eigenvalue weighted by Gasteiger charge is 2.21. The fourth-order valence-corrected chi connectivity index (χ4v) is 3.24. The minimum Gasteiger partial charge on any atom is -0.465 e. The molecule has 0 saturated carbocycles. The van der Waals surface area contributed by atoms with Gasteiger partial charge in [-0.3, -0.25) is 4.79 Å². The molecule has 2 rings (SSSR count). The van der Waals surface area contributed by atoms with Crippen LogP contribution in [0, 0.1) is 18.3 Å². The van der Waals surface area contributed by atoms with Crippen molar-refractivity contribution in [1.29, 1.82) is 5.26 Å². The van der Waals surface area contributed by atoms with Gasteiger partial charge in [-0.2, -0.15) is 5.26 Å². The van der Waals surface area contributed by atoms with E-state index in [0.29, 0.717) is 20.5 Å². The van der Waals surface area contributed by atoms with E-state index in [1.165, 1.54) is 13.2 Å². The zero-order valence-electron chi connectivity index (χ0n) is 12.9. The molecule has 0 bridgehead atoms. The SMILES string of the molecule is COC(=O)c1sc(NC(=O)C=Cc2cccc(Cl)c2)c(C#N)c1C. The fourth-order valence-electron chi connectivity index (χ4n) is 1.96. The number of hydrogen-bond acceptors (Lipinski definition) is 5. The predicted molar refractivity (Wildman–Crippen MR) is 94.2 cm³/mol. The van der Waals surface area contributed by atoms with Gasteiger partial charge in [-0.05, 0) is 36.3 Å². The molecule has 0 radical (unpaired) electrons. The van der Waals surface area contributed by atoms with Crippen molar-refractivity contribution in [2.24, 2.45) is 0 Å². The molecule has 5 nitrogen and oxygen atoms in total. The molecule has 2 aromatic rings. The molecule has 0 aliphatic heterocycles. The summed E-state index contributed by atoms with van der Waals surface area (Å²) in [5.74, 6) is -0.951. The summed E-state index contributed by atoms with van der Waals surface area (Å²) in [7, 11) is 1.26. The first-order chi connectivity index (χ1) is 11.5. The van der Waals surface area contributed by atoms with E-state index in [1.54, 1.807) is 37.3 Å². The fraction of sp³-hybridized carbons (Fsp3) is 0.118. The second kappa shape index (κ2) is 7.77. The Labute approximate surface area is 148 Å². The minimum absolute atomic E-state index is 0.255. The van der Waals surface area contributed by atoms with Gasteiger partial charge in [-0.25, -0.2) is 4.79 Å². The molecule has 7 heteroatoms. The van der Waals surface area contributed by atoms with Crippen LogP contribution in [0.5, 0.6) is 0 Å². The first-order valence-electron chi connectivity index (χ1n) is 6.82. The van der Waals surface area contributed by atoms with E-state index in [2.05, 4.69) is 10.1 Å². The van der Waals surface area contributed by atoms with Crippen molar-refractivity contribution in [2.75, 3.05) is 12.4 Å². The monoisotopic (exact) mass is 360 g/mol. The number of nitrogens with one attached hydrogen (secondary N) is 1. The third-order valence-electron chi connectivity index (χ3n) is 3.14. The van der Waals surface area contributed by atoms with E-state index >= 15 is 0 Å². The highest BCUT2D eigenvalue weighted by Crippen LogP contribution is 2.32. The number of methoxy groups -OCH3 is 1. The van der Waals surface area contributed by atoms with E-state index in [0.717, 1.165) is 16.9 Å². The highest BCUT2D eigenvalue weighted by atomic mass is 35.5. The van der Waals surface area contributed by atoms with Crippen molar-refractivity contribution in [3.63, 3.8) is 0 Å². The number of benzene rings is 1. The lowest BCUT2D eigenvalue weighted by atomic mass is 10.2. The van der Waals surface area contributed by atoms with E-state index in [4.69, 9.17) is 11.6 Å². The molecular formula is C17H13ClN2O3S. The van der Waals surface area contributed by atoms with Crippen LogP contribution >= 0.6 is 22.9 Å². The van der Waals surface area contributed by atoms with Crippen molar-refractivity contribution in [3.05, 3.63) is 56.9 Å². The molecule has 1 N–H and O–H groups in total. The number of thiophene rings is 1. The summed E-state index contributed by atoms with van der Waals surface area (Å²) in [5.41, 5.74) is 1.52. The van der Waals surface area contributed by atoms with Gasteiger partial charge in [-0.1, -0.05) is 23.7 Å². The van der Waals surface area contributed by atoms with Gasteiger partial charge in [0.1, 0.15) is 15.9 Å². The first-order valence-corrected chi connectivity index (χ1v) is 8.02. The Morgan fingerprint density at radius 3 is 2.79 bits per heavy atom. The molecule has 1 aromatic heterocycles. The molecule has 0 aliphatic carbocycles. The zero-order valence-corrected chi connectivity index (χ0v) is 14.5. The van der Waals surface area contributed by atoms with E-state index < -0.39 is 11.9 Å². The number of halogens is 1. The van der Waals surface area contributed by atoms with Gasteiger partial charge in [0.15, 0.2) is 0 Å². The molecule has 1 aromatic carbocycles. The van der Waals surface area contributed by atoms with Crippen molar-refractivity contribution >= 4 is 45.9 Å². The quantitative estimate of drug-likeness (QED) is 0.659. The molecule has 122 valence electrons. The number of carbonyl (C=O) groups is 2. The maximum absolute atomic E-state index is 12.0. The highest BCUT2D eigenvalue weighted by molar-refractivity contribution is 7.18. The number of rotatable bonds is 4. The molecule has 0 unspecified atom stereocenters.